The third kappa shape index (κ3) is 1.86. The summed E-state index contributed by atoms with van der Waals surface area (Å²) in [6, 6.07) is 7.20. The number of para-hydroxylation sites is 1. The second-order valence-corrected chi connectivity index (χ2v) is 5.35. The number of anilines is 1. The van der Waals surface area contributed by atoms with E-state index in [9.17, 15) is 4.79 Å². The molecule has 0 saturated heterocycles. The van der Waals surface area contributed by atoms with Crippen molar-refractivity contribution in [2.24, 2.45) is 5.41 Å². The molecule has 1 aromatic rings. The van der Waals surface area contributed by atoms with Crippen molar-refractivity contribution in [1.82, 2.24) is 0 Å². The van der Waals surface area contributed by atoms with Crippen LogP contribution in [0.2, 0.25) is 10.0 Å². The fraction of sp³-hybridized carbons (Fsp3) is 0.385. The molecule has 1 fully saturated rings. The third-order valence-corrected chi connectivity index (χ3v) is 4.12. The minimum atomic E-state index is -0.906. The highest BCUT2D eigenvalue weighted by Gasteiger charge is 2.61. The van der Waals surface area contributed by atoms with E-state index in [1.54, 1.807) is 25.2 Å². The quantitative estimate of drug-likeness (QED) is 0.854. The zero-order valence-corrected chi connectivity index (χ0v) is 11.6. The van der Waals surface area contributed by atoms with Crippen molar-refractivity contribution in [3.05, 3.63) is 28.2 Å². The second-order valence-electron chi connectivity index (χ2n) is 4.54. The molecule has 18 heavy (non-hydrogen) atoms. The molecule has 0 bridgehead atoms. The monoisotopic (exact) mass is 282 g/mol. The first-order valence-electron chi connectivity index (χ1n) is 5.53. The number of hydrogen-bond donors (Lipinski definition) is 0. The average Bonchev–Trinajstić information content (AvgIpc) is 3.04. The second kappa shape index (κ2) is 4.46. The van der Waals surface area contributed by atoms with Gasteiger partial charge in [0.2, 0.25) is 0 Å². The van der Waals surface area contributed by atoms with Gasteiger partial charge in [0.25, 0.3) is 0 Å². The predicted molar refractivity (Wildman–Crippen MR) is 72.0 cm³/mol. The molecule has 5 heteroatoms. The number of nitrogens with zero attached hydrogens (tertiary/aromatic N) is 2. The molecular weight excluding hydrogens is 271 g/mol. The van der Waals surface area contributed by atoms with E-state index in [-0.39, 0.29) is 11.8 Å². The molecule has 0 aromatic heterocycles. The Morgan fingerprint density at radius 2 is 2.06 bits per heavy atom. The van der Waals surface area contributed by atoms with Crippen LogP contribution in [0.4, 0.5) is 5.69 Å². The molecule has 3 nitrogen and oxygen atoms in total. The number of nitriles is 1. The lowest BCUT2D eigenvalue weighted by molar-refractivity contribution is -0.120. The highest BCUT2D eigenvalue weighted by Crippen LogP contribution is 2.52. The van der Waals surface area contributed by atoms with Crippen LogP contribution in [0.3, 0.4) is 0 Å². The van der Waals surface area contributed by atoms with E-state index in [1.165, 1.54) is 6.92 Å². The number of ketones is 1. The number of halogens is 2. The van der Waals surface area contributed by atoms with Gasteiger partial charge in [-0.1, -0.05) is 29.3 Å². The van der Waals surface area contributed by atoms with Gasteiger partial charge >= 0.3 is 0 Å². The molecule has 1 aliphatic rings. The van der Waals surface area contributed by atoms with E-state index in [0.717, 1.165) is 0 Å². The molecule has 1 saturated carbocycles. The van der Waals surface area contributed by atoms with Gasteiger partial charge in [0.15, 0.2) is 5.78 Å². The number of carbonyl (C=O) groups is 1. The van der Waals surface area contributed by atoms with Crippen LogP contribution in [0.25, 0.3) is 0 Å². The lowest BCUT2D eigenvalue weighted by Crippen LogP contribution is -2.28. The maximum Gasteiger partial charge on any atom is 0.152 e. The Morgan fingerprint density at radius 1 is 1.50 bits per heavy atom. The summed E-state index contributed by atoms with van der Waals surface area (Å²) in [5, 5.41) is 10.2. The molecule has 94 valence electrons. The van der Waals surface area contributed by atoms with Crippen LogP contribution >= 0.6 is 23.2 Å². The standard InChI is InChI=1S/C13H12Cl2N2O/c1-8(18)13(7-16)6-11(13)17(2)12-9(14)4-3-5-10(12)15/h3-5,11H,6H2,1-2H3. The van der Waals surface area contributed by atoms with Crippen LogP contribution < -0.4 is 4.90 Å². The molecular formula is C13H12Cl2N2O. The van der Waals surface area contributed by atoms with Crippen LogP contribution in [0.5, 0.6) is 0 Å². The summed E-state index contributed by atoms with van der Waals surface area (Å²) in [6.45, 7) is 1.45. The van der Waals surface area contributed by atoms with Crippen molar-refractivity contribution >= 4 is 34.7 Å². The summed E-state index contributed by atoms with van der Waals surface area (Å²) in [5.74, 6) is -0.106. The number of carbonyl (C=O) groups excluding carboxylic acids is 1. The van der Waals surface area contributed by atoms with E-state index in [4.69, 9.17) is 28.5 Å². The van der Waals surface area contributed by atoms with E-state index in [2.05, 4.69) is 6.07 Å². The normalized spacial score (nSPS) is 25.4. The van der Waals surface area contributed by atoms with Gasteiger partial charge in [-0.3, -0.25) is 4.79 Å². The molecule has 0 N–H and O–H groups in total. The van der Waals surface area contributed by atoms with Crippen molar-refractivity contribution in [2.45, 2.75) is 19.4 Å². The molecule has 2 rings (SSSR count). The molecule has 0 aliphatic heterocycles. The molecule has 0 amide bonds. The van der Waals surface area contributed by atoms with Gasteiger partial charge < -0.3 is 4.90 Å². The van der Waals surface area contributed by atoms with E-state index in [1.807, 2.05) is 4.90 Å². The van der Waals surface area contributed by atoms with Crippen LogP contribution in [-0.4, -0.2) is 18.9 Å². The number of benzene rings is 1. The molecule has 1 aromatic carbocycles. The topological polar surface area (TPSA) is 44.1 Å². The molecule has 0 radical (unpaired) electrons. The zero-order chi connectivity index (χ0) is 13.5. The summed E-state index contributed by atoms with van der Waals surface area (Å²) in [6.07, 6.45) is 0.525. The Kier molecular flexibility index (Phi) is 3.27. The van der Waals surface area contributed by atoms with Crippen LogP contribution in [0.1, 0.15) is 13.3 Å². The Labute approximate surface area is 116 Å². The first-order valence-corrected chi connectivity index (χ1v) is 6.29. The summed E-state index contributed by atoms with van der Waals surface area (Å²) in [7, 11) is 1.81. The predicted octanol–water partition coefficient (Wildman–Crippen LogP) is 3.30. The first kappa shape index (κ1) is 13.2. The largest absolute Gasteiger partial charge is 0.367 e. The molecule has 2 unspecified atom stereocenters. The fourth-order valence-corrected chi connectivity index (χ4v) is 2.94. The maximum absolute atomic E-state index is 11.6. The van der Waals surface area contributed by atoms with Gasteiger partial charge in [-0.15, -0.1) is 0 Å². The fourth-order valence-electron chi connectivity index (χ4n) is 2.27. The summed E-state index contributed by atoms with van der Waals surface area (Å²) >= 11 is 12.2. The van der Waals surface area contributed by atoms with Crippen LogP contribution in [-0.2, 0) is 4.79 Å². The Hall–Kier alpha value is -1.24. The van der Waals surface area contributed by atoms with E-state index >= 15 is 0 Å². The molecule has 0 heterocycles. The lowest BCUT2D eigenvalue weighted by Gasteiger charge is -2.23. The van der Waals surface area contributed by atoms with Crippen molar-refractivity contribution in [3.8, 4) is 6.07 Å². The molecule has 2 atom stereocenters. The maximum atomic E-state index is 11.6. The third-order valence-electron chi connectivity index (χ3n) is 3.51. The summed E-state index contributed by atoms with van der Waals surface area (Å²) in [5.41, 5.74) is -0.235. The Morgan fingerprint density at radius 3 is 2.44 bits per heavy atom. The van der Waals surface area contributed by atoms with Gasteiger partial charge in [-0.05, 0) is 25.5 Å². The minimum Gasteiger partial charge on any atom is -0.367 e. The highest BCUT2D eigenvalue weighted by molar-refractivity contribution is 6.39. The van der Waals surface area contributed by atoms with Gasteiger partial charge in [0.05, 0.1) is 27.8 Å². The lowest BCUT2D eigenvalue weighted by atomic mass is 10.0. The van der Waals surface area contributed by atoms with E-state index < -0.39 is 5.41 Å². The van der Waals surface area contributed by atoms with Gasteiger partial charge in [0, 0.05) is 7.05 Å². The van der Waals surface area contributed by atoms with Crippen molar-refractivity contribution < 1.29 is 4.79 Å². The minimum absolute atomic E-state index is 0.106. The Balaban J connectivity index is 2.33. The molecule has 0 spiro atoms. The smallest absolute Gasteiger partial charge is 0.152 e. The van der Waals surface area contributed by atoms with Crippen molar-refractivity contribution in [1.29, 1.82) is 5.26 Å². The van der Waals surface area contributed by atoms with Gasteiger partial charge in [0.1, 0.15) is 5.41 Å². The summed E-state index contributed by atoms with van der Waals surface area (Å²) in [4.78, 5) is 13.4. The first-order chi connectivity index (χ1) is 8.44. The van der Waals surface area contributed by atoms with E-state index in [0.29, 0.717) is 22.2 Å². The summed E-state index contributed by atoms with van der Waals surface area (Å²) < 4.78 is 0. The van der Waals surface area contributed by atoms with Crippen molar-refractivity contribution in [2.75, 3.05) is 11.9 Å². The Bertz CT molecular complexity index is 532. The van der Waals surface area contributed by atoms with Gasteiger partial charge in [-0.2, -0.15) is 5.26 Å². The van der Waals surface area contributed by atoms with Crippen molar-refractivity contribution in [3.63, 3.8) is 0 Å². The molecule has 1 aliphatic carbocycles. The van der Waals surface area contributed by atoms with Crippen LogP contribution in [0.15, 0.2) is 18.2 Å². The number of hydrogen-bond acceptors (Lipinski definition) is 3. The number of rotatable bonds is 3. The SMILES string of the molecule is CC(=O)C1(C#N)CC1N(C)c1c(Cl)cccc1Cl. The highest BCUT2D eigenvalue weighted by atomic mass is 35.5. The van der Waals surface area contributed by atoms with Crippen LogP contribution in [0, 0.1) is 16.7 Å². The average molecular weight is 283 g/mol. The number of Topliss-reactive ketones (excluding diaryl/α,β-unsaturated/α-hetero) is 1. The zero-order valence-electron chi connectivity index (χ0n) is 10.1. The van der Waals surface area contributed by atoms with Gasteiger partial charge in [-0.25, -0.2) is 0 Å².